The van der Waals surface area contributed by atoms with Crippen LogP contribution in [0.1, 0.15) is 36.3 Å². The van der Waals surface area contributed by atoms with E-state index in [4.69, 9.17) is 5.73 Å². The van der Waals surface area contributed by atoms with Crippen molar-refractivity contribution in [1.29, 1.82) is 0 Å². The molecule has 0 amide bonds. The highest BCUT2D eigenvalue weighted by Crippen LogP contribution is 2.18. The number of carbonyl (C=O) groups is 1. The Morgan fingerprint density at radius 2 is 2.28 bits per heavy atom. The van der Waals surface area contributed by atoms with E-state index in [-0.39, 0.29) is 22.9 Å². The zero-order valence-electron chi connectivity index (χ0n) is 14.6. The average Bonchev–Trinajstić information content (AvgIpc) is 2.61. The Kier molecular flexibility index (Phi) is 5.23. The number of nitrogens with one attached hydrogen (secondary N) is 2. The topological polar surface area (TPSA) is 94.8 Å². The molecule has 1 aliphatic rings. The predicted molar refractivity (Wildman–Crippen MR) is 95.9 cm³/mol. The summed E-state index contributed by atoms with van der Waals surface area (Å²) in [5.41, 5.74) is 8.28. The maximum atomic E-state index is 12.6. The standard InChI is InChI=1S/C18H23N6O/c1-12(2)8-13-11-24(7-6-21-13)16-10-20-9-15(23-16)17(25)14-4-3-5-22-18(14)19/h3-5,9-10,12-13,19,21H,6-8,11H2,1-2H3/t13-/m0/s1. The molecule has 7 heteroatoms. The molecule has 1 radical (unpaired) electrons. The van der Waals surface area contributed by atoms with Gasteiger partial charge in [0, 0.05) is 31.9 Å². The summed E-state index contributed by atoms with van der Waals surface area (Å²) in [4.78, 5) is 27.3. The van der Waals surface area contributed by atoms with Gasteiger partial charge >= 0.3 is 0 Å². The van der Waals surface area contributed by atoms with Gasteiger partial charge < -0.3 is 10.2 Å². The zero-order chi connectivity index (χ0) is 17.8. The molecule has 1 fully saturated rings. The summed E-state index contributed by atoms with van der Waals surface area (Å²) in [6.45, 7) is 6.99. The molecule has 1 atom stereocenters. The average molecular weight is 339 g/mol. The fourth-order valence-corrected chi connectivity index (χ4v) is 3.10. The van der Waals surface area contributed by atoms with Crippen LogP contribution >= 0.6 is 0 Å². The van der Waals surface area contributed by atoms with Gasteiger partial charge in [0.15, 0.2) is 5.82 Å². The number of ketones is 1. The van der Waals surface area contributed by atoms with Crippen molar-refractivity contribution in [2.45, 2.75) is 26.3 Å². The van der Waals surface area contributed by atoms with E-state index in [1.165, 1.54) is 12.4 Å². The maximum Gasteiger partial charge on any atom is 0.216 e. The molecule has 0 aliphatic carbocycles. The van der Waals surface area contributed by atoms with Crippen LogP contribution in [0.15, 0.2) is 30.7 Å². The van der Waals surface area contributed by atoms with Crippen molar-refractivity contribution in [3.63, 3.8) is 0 Å². The van der Waals surface area contributed by atoms with Crippen molar-refractivity contribution < 1.29 is 4.79 Å². The van der Waals surface area contributed by atoms with Crippen LogP contribution in [-0.4, -0.2) is 46.4 Å². The van der Waals surface area contributed by atoms with Gasteiger partial charge in [-0.3, -0.25) is 15.5 Å². The molecular formula is C18H23N6O. The smallest absolute Gasteiger partial charge is 0.216 e. The second-order valence-corrected chi connectivity index (χ2v) is 6.72. The van der Waals surface area contributed by atoms with E-state index in [0.717, 1.165) is 26.1 Å². The molecule has 0 saturated carbocycles. The van der Waals surface area contributed by atoms with E-state index in [1.54, 1.807) is 18.3 Å². The lowest BCUT2D eigenvalue weighted by Crippen LogP contribution is -2.51. The highest BCUT2D eigenvalue weighted by Gasteiger charge is 2.23. The van der Waals surface area contributed by atoms with Crippen molar-refractivity contribution in [1.82, 2.24) is 26.0 Å². The number of pyridine rings is 1. The molecule has 2 N–H and O–H groups in total. The van der Waals surface area contributed by atoms with Gasteiger partial charge in [0.2, 0.25) is 5.78 Å². The summed E-state index contributed by atoms with van der Waals surface area (Å²) < 4.78 is 0. The van der Waals surface area contributed by atoms with E-state index >= 15 is 0 Å². The fourth-order valence-electron chi connectivity index (χ4n) is 3.10. The lowest BCUT2D eigenvalue weighted by molar-refractivity contribution is 0.103. The first-order chi connectivity index (χ1) is 12.0. The van der Waals surface area contributed by atoms with Crippen LogP contribution in [0.3, 0.4) is 0 Å². The van der Waals surface area contributed by atoms with Crippen LogP contribution in [0.2, 0.25) is 0 Å². The van der Waals surface area contributed by atoms with Gasteiger partial charge in [-0.05, 0) is 24.5 Å². The maximum absolute atomic E-state index is 12.6. The van der Waals surface area contributed by atoms with E-state index < -0.39 is 0 Å². The first kappa shape index (κ1) is 17.3. The number of hydrogen-bond donors (Lipinski definition) is 1. The Morgan fingerprint density at radius 1 is 1.44 bits per heavy atom. The Labute approximate surface area is 147 Å². The van der Waals surface area contributed by atoms with Crippen LogP contribution in [0.5, 0.6) is 0 Å². The van der Waals surface area contributed by atoms with Crippen LogP contribution in [0.25, 0.3) is 0 Å². The normalized spacial score (nSPS) is 17.7. The van der Waals surface area contributed by atoms with Gasteiger partial charge in [0.05, 0.1) is 18.0 Å². The molecular weight excluding hydrogens is 316 g/mol. The Morgan fingerprint density at radius 3 is 3.04 bits per heavy atom. The van der Waals surface area contributed by atoms with Gasteiger partial charge in [-0.25, -0.2) is 9.97 Å². The van der Waals surface area contributed by atoms with Crippen LogP contribution < -0.4 is 16.0 Å². The van der Waals surface area contributed by atoms with Gasteiger partial charge in [-0.15, -0.1) is 0 Å². The van der Waals surface area contributed by atoms with E-state index in [0.29, 0.717) is 17.8 Å². The number of rotatable bonds is 5. The molecule has 2 aromatic heterocycles. The quantitative estimate of drug-likeness (QED) is 0.835. The van der Waals surface area contributed by atoms with Crippen molar-refractivity contribution in [3.8, 4) is 0 Å². The molecule has 1 aliphatic heterocycles. The van der Waals surface area contributed by atoms with E-state index in [1.807, 2.05) is 0 Å². The predicted octanol–water partition coefficient (Wildman–Crippen LogP) is 1.84. The van der Waals surface area contributed by atoms with Crippen molar-refractivity contribution in [3.05, 3.63) is 42.0 Å². The number of hydrogen-bond acceptors (Lipinski definition) is 6. The van der Waals surface area contributed by atoms with E-state index in [2.05, 4.69) is 39.0 Å². The Balaban J connectivity index is 1.79. The van der Waals surface area contributed by atoms with Gasteiger partial charge in [0.1, 0.15) is 11.5 Å². The van der Waals surface area contributed by atoms with Gasteiger partial charge in [-0.1, -0.05) is 13.8 Å². The summed E-state index contributed by atoms with van der Waals surface area (Å²) in [6, 6.07) is 3.65. The summed E-state index contributed by atoms with van der Waals surface area (Å²) >= 11 is 0. The summed E-state index contributed by atoms with van der Waals surface area (Å²) in [5.74, 6) is 0.967. The van der Waals surface area contributed by atoms with Crippen molar-refractivity contribution in [2.75, 3.05) is 24.5 Å². The Hall–Kier alpha value is -2.54. The molecule has 7 nitrogen and oxygen atoms in total. The zero-order valence-corrected chi connectivity index (χ0v) is 14.6. The first-order valence-corrected chi connectivity index (χ1v) is 8.56. The third-order valence-electron chi connectivity index (χ3n) is 4.24. The minimum Gasteiger partial charge on any atom is -0.352 e. The summed E-state index contributed by atoms with van der Waals surface area (Å²) in [7, 11) is 0. The molecule has 1 saturated heterocycles. The van der Waals surface area contributed by atoms with Crippen LogP contribution in [0, 0.1) is 5.92 Å². The number of nitrogens with zero attached hydrogens (tertiary/aromatic N) is 4. The monoisotopic (exact) mass is 339 g/mol. The van der Waals surface area contributed by atoms with Gasteiger partial charge in [0.25, 0.3) is 0 Å². The number of piperazine rings is 1. The molecule has 2 aromatic rings. The lowest BCUT2D eigenvalue weighted by atomic mass is 10.0. The molecule has 0 unspecified atom stereocenters. The lowest BCUT2D eigenvalue weighted by Gasteiger charge is -2.35. The summed E-state index contributed by atoms with van der Waals surface area (Å²) in [6.07, 6.45) is 5.74. The van der Waals surface area contributed by atoms with Gasteiger partial charge in [-0.2, -0.15) is 0 Å². The second kappa shape index (κ2) is 7.57. The second-order valence-electron chi connectivity index (χ2n) is 6.72. The minimum absolute atomic E-state index is 0.0427. The highest BCUT2D eigenvalue weighted by atomic mass is 16.1. The first-order valence-electron chi connectivity index (χ1n) is 8.56. The molecule has 0 aromatic carbocycles. The number of carbonyl (C=O) groups excluding carboxylic acids is 1. The molecule has 0 spiro atoms. The van der Waals surface area contributed by atoms with Crippen LogP contribution in [-0.2, 0) is 0 Å². The largest absolute Gasteiger partial charge is 0.352 e. The molecule has 3 heterocycles. The molecule has 131 valence electrons. The molecule has 0 bridgehead atoms. The minimum atomic E-state index is -0.318. The SMILES string of the molecule is CC(C)C[C@H]1CN(c2cncc(C(=O)c3cccnc3[NH])n2)CCN1. The highest BCUT2D eigenvalue weighted by molar-refractivity contribution is 6.10. The third kappa shape index (κ3) is 4.11. The summed E-state index contributed by atoms with van der Waals surface area (Å²) in [5, 5.41) is 3.53. The number of aromatic nitrogens is 3. The van der Waals surface area contributed by atoms with Crippen molar-refractivity contribution >= 4 is 17.4 Å². The Bertz CT molecular complexity index is 748. The third-order valence-corrected chi connectivity index (χ3v) is 4.24. The van der Waals surface area contributed by atoms with Crippen molar-refractivity contribution in [2.24, 2.45) is 5.92 Å². The number of anilines is 1. The molecule has 25 heavy (non-hydrogen) atoms. The fraction of sp³-hybridized carbons (Fsp3) is 0.444. The van der Waals surface area contributed by atoms with Crippen LogP contribution in [0.4, 0.5) is 11.6 Å². The molecule has 3 rings (SSSR count). The van der Waals surface area contributed by atoms with E-state index in [9.17, 15) is 4.79 Å².